The van der Waals surface area contributed by atoms with Crippen molar-refractivity contribution in [2.45, 2.75) is 12.5 Å². The zero-order valence-electron chi connectivity index (χ0n) is 5.67. The molecule has 0 N–H and O–H groups in total. The summed E-state index contributed by atoms with van der Waals surface area (Å²) in [5.41, 5.74) is -0.276. The van der Waals surface area contributed by atoms with Crippen LogP contribution in [0.4, 0.5) is 0 Å². The third-order valence-electron chi connectivity index (χ3n) is 0.986. The summed E-state index contributed by atoms with van der Waals surface area (Å²) >= 11 is 5.58. The minimum absolute atomic E-state index is 0.276. The van der Waals surface area contributed by atoms with Gasteiger partial charge in [0, 0.05) is 0 Å². The van der Waals surface area contributed by atoms with Crippen LogP contribution < -0.4 is 4.74 Å². The predicted molar refractivity (Wildman–Crippen MR) is 41.2 cm³/mol. The van der Waals surface area contributed by atoms with Gasteiger partial charge in [0.15, 0.2) is 5.56 Å². The van der Waals surface area contributed by atoms with Gasteiger partial charge in [-0.1, -0.05) is 23.7 Å². The minimum Gasteiger partial charge on any atom is -0.475 e. The third kappa shape index (κ3) is 2.28. The van der Waals surface area contributed by atoms with Gasteiger partial charge in [-0.3, -0.25) is 0 Å². The second kappa shape index (κ2) is 3.47. The standard InChI is InChI=1S/C8H8ClO/c1-7(9)10-8-5-3-2-4-6-8/h3-7H,1H3. The van der Waals surface area contributed by atoms with Gasteiger partial charge in [0.25, 0.3) is 0 Å². The van der Waals surface area contributed by atoms with Crippen molar-refractivity contribution < 1.29 is 4.74 Å². The molecule has 0 bridgehead atoms. The Bertz CT molecular complexity index is 184. The largest absolute Gasteiger partial charge is 0.475 e. The van der Waals surface area contributed by atoms with Crippen LogP contribution in [0.15, 0.2) is 24.3 Å². The van der Waals surface area contributed by atoms with Crippen LogP contribution in [-0.2, 0) is 0 Å². The first-order chi connectivity index (χ1) is 4.79. The highest BCUT2D eigenvalue weighted by molar-refractivity contribution is 6.19. The number of hydrogen-bond acceptors (Lipinski definition) is 1. The fourth-order valence-corrected chi connectivity index (χ4v) is 0.741. The highest BCUT2D eigenvalue weighted by Gasteiger charge is 1.95. The molecule has 0 spiro atoms. The summed E-state index contributed by atoms with van der Waals surface area (Å²) in [6, 6.07) is 10.1. The lowest BCUT2D eigenvalue weighted by molar-refractivity contribution is 0.301. The number of rotatable bonds is 2. The fourth-order valence-electron chi connectivity index (χ4n) is 0.638. The Morgan fingerprint density at radius 2 is 2.10 bits per heavy atom. The number of benzene rings is 1. The lowest BCUT2D eigenvalue weighted by Crippen LogP contribution is -2.01. The van der Waals surface area contributed by atoms with E-state index in [2.05, 4.69) is 6.07 Å². The van der Waals surface area contributed by atoms with Gasteiger partial charge < -0.3 is 4.74 Å². The average Bonchev–Trinajstić information content (AvgIpc) is 1.88. The molecule has 10 heavy (non-hydrogen) atoms. The topological polar surface area (TPSA) is 9.23 Å². The molecule has 0 heterocycles. The Morgan fingerprint density at radius 3 is 2.60 bits per heavy atom. The van der Waals surface area contributed by atoms with Crippen molar-refractivity contribution in [3.63, 3.8) is 0 Å². The molecule has 2 heteroatoms. The summed E-state index contributed by atoms with van der Waals surface area (Å²) in [7, 11) is 0. The number of alkyl halides is 1. The molecule has 1 atom stereocenters. The van der Waals surface area contributed by atoms with E-state index < -0.39 is 0 Å². The maximum atomic E-state index is 5.58. The summed E-state index contributed by atoms with van der Waals surface area (Å²) < 4.78 is 5.16. The summed E-state index contributed by atoms with van der Waals surface area (Å²) in [6.07, 6.45) is 0. The first-order valence-corrected chi connectivity index (χ1v) is 3.49. The van der Waals surface area contributed by atoms with E-state index in [0.29, 0.717) is 0 Å². The number of ether oxygens (including phenoxy) is 1. The van der Waals surface area contributed by atoms with Crippen molar-refractivity contribution in [3.8, 4) is 5.75 Å². The minimum atomic E-state index is -0.276. The molecule has 1 aromatic rings. The maximum Gasteiger partial charge on any atom is 0.169 e. The molecule has 1 unspecified atom stereocenters. The molecule has 0 aliphatic carbocycles. The summed E-state index contributed by atoms with van der Waals surface area (Å²) in [5, 5.41) is 0. The van der Waals surface area contributed by atoms with E-state index in [1.165, 1.54) is 0 Å². The van der Waals surface area contributed by atoms with Crippen molar-refractivity contribution in [1.82, 2.24) is 0 Å². The normalized spacial score (nSPS) is 12.6. The van der Waals surface area contributed by atoms with Gasteiger partial charge in [0.1, 0.15) is 5.75 Å². The smallest absolute Gasteiger partial charge is 0.169 e. The van der Waals surface area contributed by atoms with E-state index in [1.54, 1.807) is 19.1 Å². The van der Waals surface area contributed by atoms with E-state index in [-0.39, 0.29) is 5.56 Å². The Balaban J connectivity index is 2.59. The second-order valence-electron chi connectivity index (χ2n) is 1.90. The van der Waals surface area contributed by atoms with E-state index in [1.807, 2.05) is 12.1 Å². The molecular weight excluding hydrogens is 148 g/mol. The summed E-state index contributed by atoms with van der Waals surface area (Å²) in [4.78, 5) is 0. The van der Waals surface area contributed by atoms with Crippen LogP contribution >= 0.6 is 11.6 Å². The summed E-state index contributed by atoms with van der Waals surface area (Å²) in [6.45, 7) is 1.78. The molecule has 1 nitrogen and oxygen atoms in total. The molecule has 53 valence electrons. The lowest BCUT2D eigenvalue weighted by atomic mass is 10.3. The van der Waals surface area contributed by atoms with Crippen LogP contribution in [0, 0.1) is 6.07 Å². The highest BCUT2D eigenvalue weighted by atomic mass is 35.5. The highest BCUT2D eigenvalue weighted by Crippen LogP contribution is 2.11. The van der Waals surface area contributed by atoms with Crippen molar-refractivity contribution in [2.24, 2.45) is 0 Å². The SMILES string of the molecule is CC(Cl)Oc1cc[c]cc1. The van der Waals surface area contributed by atoms with E-state index in [0.717, 1.165) is 5.75 Å². The van der Waals surface area contributed by atoms with E-state index in [4.69, 9.17) is 16.3 Å². The molecule has 1 aromatic carbocycles. The molecule has 0 saturated heterocycles. The Kier molecular flexibility index (Phi) is 2.57. The Morgan fingerprint density at radius 1 is 1.50 bits per heavy atom. The van der Waals surface area contributed by atoms with Gasteiger partial charge in [-0.15, -0.1) is 0 Å². The molecule has 0 fully saturated rings. The second-order valence-corrected chi connectivity index (χ2v) is 2.51. The van der Waals surface area contributed by atoms with Gasteiger partial charge in [0.05, 0.1) is 0 Å². The van der Waals surface area contributed by atoms with Crippen LogP contribution in [-0.4, -0.2) is 5.56 Å². The van der Waals surface area contributed by atoms with Crippen LogP contribution in [0.1, 0.15) is 6.92 Å². The monoisotopic (exact) mass is 155 g/mol. The van der Waals surface area contributed by atoms with Crippen LogP contribution in [0.3, 0.4) is 0 Å². The van der Waals surface area contributed by atoms with Crippen molar-refractivity contribution in [3.05, 3.63) is 30.3 Å². The van der Waals surface area contributed by atoms with Gasteiger partial charge in [-0.05, 0) is 25.1 Å². The average molecular weight is 156 g/mol. The lowest BCUT2D eigenvalue weighted by Gasteiger charge is -2.05. The molecular formula is C8H8ClO. The molecule has 0 aromatic heterocycles. The first kappa shape index (κ1) is 7.42. The molecule has 0 amide bonds. The predicted octanol–water partition coefficient (Wildman–Crippen LogP) is 2.45. The van der Waals surface area contributed by atoms with Gasteiger partial charge >= 0.3 is 0 Å². The third-order valence-corrected chi connectivity index (χ3v) is 1.08. The number of halogens is 1. The Hall–Kier alpha value is -0.690. The summed E-state index contributed by atoms with van der Waals surface area (Å²) in [5.74, 6) is 0.779. The van der Waals surface area contributed by atoms with E-state index in [9.17, 15) is 0 Å². The Labute approximate surface area is 65.6 Å². The van der Waals surface area contributed by atoms with E-state index >= 15 is 0 Å². The molecule has 0 aliphatic heterocycles. The quantitative estimate of drug-likeness (QED) is 0.597. The van der Waals surface area contributed by atoms with Gasteiger partial charge in [-0.2, -0.15) is 0 Å². The van der Waals surface area contributed by atoms with Gasteiger partial charge in [-0.25, -0.2) is 0 Å². The van der Waals surface area contributed by atoms with Crippen LogP contribution in [0.2, 0.25) is 0 Å². The van der Waals surface area contributed by atoms with Crippen LogP contribution in [0.25, 0.3) is 0 Å². The van der Waals surface area contributed by atoms with Gasteiger partial charge in [0.2, 0.25) is 0 Å². The molecule has 0 saturated carbocycles. The zero-order valence-corrected chi connectivity index (χ0v) is 6.43. The maximum absolute atomic E-state index is 5.58. The van der Waals surface area contributed by atoms with Crippen LogP contribution in [0.5, 0.6) is 5.75 Å². The fraction of sp³-hybridized carbons (Fsp3) is 0.250. The van der Waals surface area contributed by atoms with Crippen molar-refractivity contribution in [1.29, 1.82) is 0 Å². The number of hydrogen-bond donors (Lipinski definition) is 0. The zero-order chi connectivity index (χ0) is 7.40. The van der Waals surface area contributed by atoms with Crippen molar-refractivity contribution in [2.75, 3.05) is 0 Å². The van der Waals surface area contributed by atoms with Crippen molar-refractivity contribution >= 4 is 11.6 Å². The molecule has 0 aliphatic rings. The molecule has 1 radical (unpaired) electrons. The molecule has 1 rings (SSSR count). The first-order valence-electron chi connectivity index (χ1n) is 3.06.